The monoisotopic (exact) mass is 452 g/mol. The van der Waals surface area contributed by atoms with Crippen molar-refractivity contribution in [2.24, 2.45) is 0 Å². The van der Waals surface area contributed by atoms with E-state index < -0.39 is 6.04 Å². The minimum atomic E-state index is -0.446. The van der Waals surface area contributed by atoms with E-state index in [-0.39, 0.29) is 6.03 Å². The SMILES string of the molecule is C=CCN1C(=O)NC(c2ccc(Cl)cc2)C(c2nc(-c3ccc(SC)cc3)no2)=C1C. The van der Waals surface area contributed by atoms with Crippen LogP contribution in [-0.2, 0) is 0 Å². The van der Waals surface area contributed by atoms with Crippen LogP contribution in [0.4, 0.5) is 4.79 Å². The van der Waals surface area contributed by atoms with Crippen molar-refractivity contribution in [3.05, 3.63) is 83.4 Å². The number of hydrogen-bond acceptors (Lipinski definition) is 5. The predicted octanol–water partition coefficient (Wildman–Crippen LogP) is 5.80. The van der Waals surface area contributed by atoms with Crippen molar-refractivity contribution >= 4 is 35.0 Å². The third-order valence-corrected chi connectivity index (χ3v) is 6.11. The smallest absolute Gasteiger partial charge is 0.322 e. The lowest BCUT2D eigenvalue weighted by Gasteiger charge is -2.34. The maximum Gasteiger partial charge on any atom is 0.322 e. The third kappa shape index (κ3) is 4.24. The number of halogens is 1. The van der Waals surface area contributed by atoms with Crippen LogP contribution in [-0.4, -0.2) is 33.9 Å². The van der Waals surface area contributed by atoms with Crippen molar-refractivity contribution in [1.82, 2.24) is 20.4 Å². The number of hydrogen-bond donors (Lipinski definition) is 1. The Morgan fingerprint density at radius 3 is 2.58 bits per heavy atom. The Morgan fingerprint density at radius 1 is 1.23 bits per heavy atom. The molecule has 31 heavy (non-hydrogen) atoms. The van der Waals surface area contributed by atoms with Crippen molar-refractivity contribution in [1.29, 1.82) is 0 Å². The largest absolute Gasteiger partial charge is 0.334 e. The van der Waals surface area contributed by atoms with E-state index in [2.05, 4.69) is 22.0 Å². The molecule has 1 aliphatic heterocycles. The van der Waals surface area contributed by atoms with E-state index in [9.17, 15) is 4.79 Å². The lowest BCUT2D eigenvalue weighted by Crippen LogP contribution is -2.46. The number of carbonyl (C=O) groups is 1. The van der Waals surface area contributed by atoms with Crippen molar-refractivity contribution < 1.29 is 9.32 Å². The molecule has 2 amide bonds. The second-order valence-corrected chi connectivity index (χ2v) is 8.30. The molecular formula is C23H21ClN4O2S. The van der Waals surface area contributed by atoms with Gasteiger partial charge in [-0.15, -0.1) is 18.3 Å². The minimum absolute atomic E-state index is 0.214. The van der Waals surface area contributed by atoms with Crippen LogP contribution in [0.2, 0.25) is 5.02 Å². The molecule has 2 heterocycles. The van der Waals surface area contributed by atoms with Crippen LogP contribution in [0.5, 0.6) is 0 Å². The molecule has 0 bridgehead atoms. The fourth-order valence-electron chi connectivity index (χ4n) is 3.50. The van der Waals surface area contributed by atoms with Crippen LogP contribution in [0.3, 0.4) is 0 Å². The number of allylic oxidation sites excluding steroid dienone is 1. The molecule has 1 aromatic heterocycles. The first-order valence-electron chi connectivity index (χ1n) is 9.65. The number of nitrogens with zero attached hydrogens (tertiary/aromatic N) is 3. The van der Waals surface area contributed by atoms with E-state index in [1.165, 1.54) is 0 Å². The van der Waals surface area contributed by atoms with E-state index in [1.807, 2.05) is 49.6 Å². The highest BCUT2D eigenvalue weighted by Gasteiger charge is 2.35. The Balaban J connectivity index is 1.78. The average molecular weight is 453 g/mol. The van der Waals surface area contributed by atoms with Gasteiger partial charge in [0.25, 0.3) is 5.89 Å². The predicted molar refractivity (Wildman–Crippen MR) is 124 cm³/mol. The van der Waals surface area contributed by atoms with Gasteiger partial charge in [-0.25, -0.2) is 4.79 Å². The first-order valence-corrected chi connectivity index (χ1v) is 11.3. The Bertz CT molecular complexity index is 1140. The zero-order chi connectivity index (χ0) is 22.0. The van der Waals surface area contributed by atoms with Gasteiger partial charge >= 0.3 is 6.03 Å². The second-order valence-electron chi connectivity index (χ2n) is 6.98. The molecule has 0 saturated carbocycles. The van der Waals surface area contributed by atoms with Crippen LogP contribution < -0.4 is 5.32 Å². The molecular weight excluding hydrogens is 432 g/mol. The molecule has 4 rings (SSSR count). The summed E-state index contributed by atoms with van der Waals surface area (Å²) in [5.74, 6) is 0.848. The molecule has 6 nitrogen and oxygen atoms in total. The van der Waals surface area contributed by atoms with Crippen molar-refractivity contribution in [3.8, 4) is 11.4 Å². The summed E-state index contributed by atoms with van der Waals surface area (Å²) in [5, 5.41) is 7.84. The summed E-state index contributed by atoms with van der Waals surface area (Å²) in [6.07, 6.45) is 3.70. The zero-order valence-corrected chi connectivity index (χ0v) is 18.7. The van der Waals surface area contributed by atoms with Gasteiger partial charge in [-0.1, -0.05) is 35.0 Å². The molecule has 0 radical (unpaired) electrons. The Morgan fingerprint density at radius 2 is 1.94 bits per heavy atom. The van der Waals surface area contributed by atoms with Crippen LogP contribution >= 0.6 is 23.4 Å². The van der Waals surface area contributed by atoms with Gasteiger partial charge < -0.3 is 9.84 Å². The number of nitrogens with one attached hydrogen (secondary N) is 1. The zero-order valence-electron chi connectivity index (χ0n) is 17.1. The summed E-state index contributed by atoms with van der Waals surface area (Å²) >= 11 is 7.73. The Hall–Kier alpha value is -3.03. The molecule has 1 unspecified atom stereocenters. The number of benzene rings is 2. The van der Waals surface area contributed by atoms with Crippen molar-refractivity contribution in [3.63, 3.8) is 0 Å². The van der Waals surface area contributed by atoms with Crippen LogP contribution in [0, 0.1) is 0 Å². The number of rotatable bonds is 6. The Labute approximate surface area is 190 Å². The molecule has 0 spiro atoms. The topological polar surface area (TPSA) is 71.3 Å². The van der Waals surface area contributed by atoms with Crippen LogP contribution in [0.15, 0.2) is 76.3 Å². The van der Waals surface area contributed by atoms with Gasteiger partial charge in [0.05, 0.1) is 11.6 Å². The van der Waals surface area contributed by atoms with Crippen LogP contribution in [0.1, 0.15) is 24.4 Å². The summed E-state index contributed by atoms with van der Waals surface area (Å²) in [5.41, 5.74) is 3.20. The summed E-state index contributed by atoms with van der Waals surface area (Å²) < 4.78 is 5.67. The van der Waals surface area contributed by atoms with Gasteiger partial charge in [0.1, 0.15) is 0 Å². The molecule has 1 atom stereocenters. The number of carbonyl (C=O) groups excluding carboxylic acids is 1. The highest BCUT2D eigenvalue weighted by Crippen LogP contribution is 2.37. The highest BCUT2D eigenvalue weighted by molar-refractivity contribution is 7.98. The summed E-state index contributed by atoms with van der Waals surface area (Å²) in [7, 11) is 0. The molecule has 3 aromatic rings. The molecule has 158 valence electrons. The van der Waals surface area contributed by atoms with Crippen molar-refractivity contribution in [2.45, 2.75) is 17.9 Å². The third-order valence-electron chi connectivity index (χ3n) is 5.12. The van der Waals surface area contributed by atoms with Gasteiger partial charge in [0.2, 0.25) is 5.82 Å². The van der Waals surface area contributed by atoms with E-state index in [0.717, 1.165) is 27.3 Å². The van der Waals surface area contributed by atoms with E-state index in [4.69, 9.17) is 16.1 Å². The summed E-state index contributed by atoms with van der Waals surface area (Å²) in [4.78, 5) is 20.2. The molecule has 8 heteroatoms. The fraction of sp³-hybridized carbons (Fsp3) is 0.174. The summed E-state index contributed by atoms with van der Waals surface area (Å²) in [6.45, 7) is 5.99. The van der Waals surface area contributed by atoms with Gasteiger partial charge in [-0.3, -0.25) is 4.90 Å². The lowest BCUT2D eigenvalue weighted by atomic mass is 9.94. The fourth-order valence-corrected chi connectivity index (χ4v) is 4.04. The van der Waals surface area contributed by atoms with Crippen LogP contribution in [0.25, 0.3) is 17.0 Å². The molecule has 0 fully saturated rings. The van der Waals surface area contributed by atoms with E-state index >= 15 is 0 Å². The lowest BCUT2D eigenvalue weighted by molar-refractivity contribution is 0.209. The Kier molecular flexibility index (Phi) is 6.15. The van der Waals surface area contributed by atoms with Gasteiger partial charge in [0, 0.05) is 27.7 Å². The number of urea groups is 1. The number of thioether (sulfide) groups is 1. The minimum Gasteiger partial charge on any atom is -0.334 e. The van der Waals surface area contributed by atoms with Crippen molar-refractivity contribution in [2.75, 3.05) is 12.8 Å². The average Bonchev–Trinajstić information content (AvgIpc) is 3.26. The molecule has 0 saturated heterocycles. The number of aromatic nitrogens is 2. The molecule has 0 aliphatic carbocycles. The van der Waals surface area contributed by atoms with Gasteiger partial charge in [-0.2, -0.15) is 4.98 Å². The molecule has 1 N–H and O–H groups in total. The maximum absolute atomic E-state index is 12.7. The van der Waals surface area contributed by atoms with Gasteiger partial charge in [-0.05, 0) is 55.1 Å². The second kappa shape index (κ2) is 8.99. The maximum atomic E-state index is 12.7. The summed E-state index contributed by atoms with van der Waals surface area (Å²) in [6, 6.07) is 14.6. The first kappa shape index (κ1) is 21.2. The first-order chi connectivity index (χ1) is 15.0. The van der Waals surface area contributed by atoms with Gasteiger partial charge in [0.15, 0.2) is 0 Å². The quantitative estimate of drug-likeness (QED) is 0.378. The standard InChI is InChI=1S/C23H21ClN4O2S/c1-4-13-28-14(2)19(20(25-23(28)29)15-5-9-17(24)10-6-15)22-26-21(27-30-22)16-7-11-18(31-3)12-8-16/h4-12,20H,1,13H2,2-3H3,(H,25,29). The number of amides is 2. The molecule has 1 aliphatic rings. The molecule has 2 aromatic carbocycles. The van der Waals surface area contributed by atoms with E-state index in [1.54, 1.807) is 34.9 Å². The van der Waals surface area contributed by atoms with E-state index in [0.29, 0.717) is 23.3 Å². The highest BCUT2D eigenvalue weighted by atomic mass is 35.5. The normalized spacial score (nSPS) is 16.4.